The number of rotatable bonds is 11. The summed E-state index contributed by atoms with van der Waals surface area (Å²) in [5.74, 6) is 1.19. The monoisotopic (exact) mass is 498 g/mol. The van der Waals surface area contributed by atoms with Crippen LogP contribution in [-0.4, -0.2) is 36.2 Å². The number of hydrogen-bond donors (Lipinski definition) is 2. The Morgan fingerprint density at radius 2 is 1.51 bits per heavy atom. The van der Waals surface area contributed by atoms with Gasteiger partial charge in [-0.1, -0.05) is 69.0 Å². The number of phenols is 1. The molecule has 0 spiro atoms. The van der Waals surface area contributed by atoms with Crippen LogP contribution in [0.4, 0.5) is 5.69 Å². The van der Waals surface area contributed by atoms with E-state index in [1.54, 1.807) is 12.1 Å². The van der Waals surface area contributed by atoms with E-state index in [2.05, 4.69) is 48.2 Å². The van der Waals surface area contributed by atoms with Crippen molar-refractivity contribution in [2.75, 3.05) is 32.0 Å². The van der Waals surface area contributed by atoms with Crippen molar-refractivity contribution >= 4 is 16.8 Å². The maximum Gasteiger partial charge on any atom is 0.119 e. The van der Waals surface area contributed by atoms with Gasteiger partial charge in [0.1, 0.15) is 18.1 Å². The quantitative estimate of drug-likeness (QED) is 0.161. The zero-order valence-electron chi connectivity index (χ0n) is 22.3. The third-order valence-corrected chi connectivity index (χ3v) is 7.24. The van der Waals surface area contributed by atoms with Crippen LogP contribution in [0.1, 0.15) is 75.0 Å². The number of aromatic hydroxyl groups is 1. The Morgan fingerprint density at radius 3 is 2.19 bits per heavy atom. The second kappa shape index (κ2) is 13.9. The lowest BCUT2D eigenvalue weighted by atomic mass is 9.86. The molecule has 1 saturated heterocycles. The van der Waals surface area contributed by atoms with Crippen molar-refractivity contribution in [2.24, 2.45) is 0 Å². The highest BCUT2D eigenvalue weighted by molar-refractivity contribution is 5.99. The van der Waals surface area contributed by atoms with Gasteiger partial charge in [-0.2, -0.15) is 0 Å². The standard InChI is InChI=1S/C33H42N2O2/c1-2-3-6-12-32(33(26-13-17-29(34)18-14-26)27-15-19-30(36)20-16-27)28-10-9-11-31(25-28)37-24-23-35-21-7-4-5-8-22-35/h9-11,13-20,25,36H,2-8,12,21-24,34H2,1H3/b33-32-. The zero-order valence-corrected chi connectivity index (χ0v) is 22.3. The molecule has 0 atom stereocenters. The van der Waals surface area contributed by atoms with E-state index in [-0.39, 0.29) is 5.75 Å². The average Bonchev–Trinajstić information content (AvgIpc) is 3.19. The number of unbranched alkanes of at least 4 members (excludes halogenated alkanes) is 2. The summed E-state index contributed by atoms with van der Waals surface area (Å²) in [4.78, 5) is 2.54. The van der Waals surface area contributed by atoms with Gasteiger partial charge in [-0.15, -0.1) is 0 Å². The van der Waals surface area contributed by atoms with E-state index >= 15 is 0 Å². The number of nitrogen functional groups attached to an aromatic ring is 1. The van der Waals surface area contributed by atoms with Crippen molar-refractivity contribution in [3.05, 3.63) is 89.5 Å². The fourth-order valence-corrected chi connectivity index (χ4v) is 5.18. The van der Waals surface area contributed by atoms with Crippen molar-refractivity contribution in [3.8, 4) is 11.5 Å². The first kappa shape index (κ1) is 26.8. The second-order valence-corrected chi connectivity index (χ2v) is 10.1. The fourth-order valence-electron chi connectivity index (χ4n) is 5.18. The van der Waals surface area contributed by atoms with Gasteiger partial charge < -0.3 is 15.6 Å². The van der Waals surface area contributed by atoms with Crippen LogP contribution in [0, 0.1) is 0 Å². The van der Waals surface area contributed by atoms with Gasteiger partial charge in [-0.25, -0.2) is 0 Å². The summed E-state index contributed by atoms with van der Waals surface area (Å²) in [5.41, 5.74) is 12.6. The van der Waals surface area contributed by atoms with E-state index in [4.69, 9.17) is 10.5 Å². The predicted molar refractivity (Wildman–Crippen MR) is 156 cm³/mol. The molecule has 1 fully saturated rings. The molecule has 196 valence electrons. The number of phenolic OH excluding ortho intramolecular Hbond substituents is 1. The highest BCUT2D eigenvalue weighted by Gasteiger charge is 2.16. The van der Waals surface area contributed by atoms with Crippen LogP contribution in [0.5, 0.6) is 11.5 Å². The van der Waals surface area contributed by atoms with Crippen LogP contribution in [0.15, 0.2) is 72.8 Å². The molecule has 0 amide bonds. The minimum atomic E-state index is 0.271. The SMILES string of the molecule is CCCCC/C(=C(\c1ccc(N)cc1)c1ccc(O)cc1)c1cccc(OCCN2CCCCCC2)c1. The Labute approximate surface area is 222 Å². The van der Waals surface area contributed by atoms with Gasteiger partial charge in [0, 0.05) is 12.2 Å². The van der Waals surface area contributed by atoms with Gasteiger partial charge in [0.15, 0.2) is 0 Å². The normalized spacial score (nSPS) is 15.2. The van der Waals surface area contributed by atoms with Crippen molar-refractivity contribution in [1.82, 2.24) is 4.90 Å². The number of allylic oxidation sites excluding steroid dienone is 1. The molecule has 3 aromatic rings. The van der Waals surface area contributed by atoms with Gasteiger partial charge >= 0.3 is 0 Å². The molecule has 0 saturated carbocycles. The number of nitrogens with zero attached hydrogens (tertiary/aromatic N) is 1. The molecular formula is C33H42N2O2. The van der Waals surface area contributed by atoms with Crippen molar-refractivity contribution in [2.45, 2.75) is 58.3 Å². The Balaban J connectivity index is 1.67. The maximum absolute atomic E-state index is 9.95. The molecule has 4 heteroatoms. The van der Waals surface area contributed by atoms with Crippen molar-refractivity contribution in [1.29, 1.82) is 0 Å². The summed E-state index contributed by atoms with van der Waals surface area (Å²) < 4.78 is 6.27. The Morgan fingerprint density at radius 1 is 0.838 bits per heavy atom. The molecule has 0 aliphatic carbocycles. The third-order valence-electron chi connectivity index (χ3n) is 7.24. The van der Waals surface area contributed by atoms with Gasteiger partial charge in [-0.3, -0.25) is 4.90 Å². The van der Waals surface area contributed by atoms with Gasteiger partial charge in [0.05, 0.1) is 0 Å². The number of nitrogens with two attached hydrogens (primary N) is 1. The fraction of sp³-hybridized carbons (Fsp3) is 0.394. The highest BCUT2D eigenvalue weighted by Crippen LogP contribution is 2.37. The van der Waals surface area contributed by atoms with Crippen LogP contribution in [0.3, 0.4) is 0 Å². The zero-order chi connectivity index (χ0) is 25.9. The first-order valence-corrected chi connectivity index (χ1v) is 14.0. The molecule has 0 unspecified atom stereocenters. The van der Waals surface area contributed by atoms with E-state index in [9.17, 15) is 5.11 Å². The van der Waals surface area contributed by atoms with E-state index in [1.165, 1.54) is 68.3 Å². The number of benzene rings is 3. The first-order chi connectivity index (χ1) is 18.1. The van der Waals surface area contributed by atoms with Crippen LogP contribution in [0.25, 0.3) is 11.1 Å². The lowest BCUT2D eigenvalue weighted by molar-refractivity contribution is 0.214. The smallest absolute Gasteiger partial charge is 0.119 e. The molecule has 1 aliphatic rings. The molecule has 3 N–H and O–H groups in total. The molecule has 0 bridgehead atoms. The lowest BCUT2D eigenvalue weighted by Crippen LogP contribution is -2.29. The van der Waals surface area contributed by atoms with E-state index in [0.29, 0.717) is 6.61 Å². The molecule has 0 aromatic heterocycles. The Kier molecular flexibility index (Phi) is 10.1. The molecule has 1 aliphatic heterocycles. The molecule has 3 aromatic carbocycles. The van der Waals surface area contributed by atoms with E-state index < -0.39 is 0 Å². The summed E-state index contributed by atoms with van der Waals surface area (Å²) in [6.07, 6.45) is 9.73. The lowest BCUT2D eigenvalue weighted by Gasteiger charge is -2.20. The third kappa shape index (κ3) is 7.87. The van der Waals surface area contributed by atoms with Crippen LogP contribution in [-0.2, 0) is 0 Å². The molecule has 1 heterocycles. The molecular weight excluding hydrogens is 456 g/mol. The van der Waals surface area contributed by atoms with Crippen molar-refractivity contribution in [3.63, 3.8) is 0 Å². The summed E-state index contributed by atoms with van der Waals surface area (Å²) >= 11 is 0. The summed E-state index contributed by atoms with van der Waals surface area (Å²) in [5, 5.41) is 9.95. The number of anilines is 1. The highest BCUT2D eigenvalue weighted by atomic mass is 16.5. The largest absolute Gasteiger partial charge is 0.508 e. The van der Waals surface area contributed by atoms with Gasteiger partial charge in [0.25, 0.3) is 0 Å². The Bertz CT molecular complexity index is 1080. The number of likely N-dealkylation sites (tertiary alicyclic amines) is 1. The van der Waals surface area contributed by atoms with Crippen LogP contribution >= 0.6 is 0 Å². The van der Waals surface area contributed by atoms with Gasteiger partial charge in [-0.05, 0) is 103 Å². The van der Waals surface area contributed by atoms with Crippen LogP contribution in [0.2, 0.25) is 0 Å². The maximum atomic E-state index is 9.95. The Hall–Kier alpha value is -3.24. The number of hydrogen-bond acceptors (Lipinski definition) is 4. The summed E-state index contributed by atoms with van der Waals surface area (Å²) in [6.45, 7) is 6.30. The predicted octanol–water partition coefficient (Wildman–Crippen LogP) is 7.77. The molecule has 4 nitrogen and oxygen atoms in total. The number of ether oxygens (including phenoxy) is 1. The average molecular weight is 499 g/mol. The topological polar surface area (TPSA) is 58.7 Å². The second-order valence-electron chi connectivity index (χ2n) is 10.1. The summed E-state index contributed by atoms with van der Waals surface area (Å²) in [7, 11) is 0. The van der Waals surface area contributed by atoms with E-state index in [1.807, 2.05) is 24.3 Å². The molecule has 0 radical (unpaired) electrons. The minimum absolute atomic E-state index is 0.271. The van der Waals surface area contributed by atoms with Gasteiger partial charge in [0.2, 0.25) is 0 Å². The molecule has 4 rings (SSSR count). The first-order valence-electron chi connectivity index (χ1n) is 14.0. The van der Waals surface area contributed by atoms with Crippen LogP contribution < -0.4 is 10.5 Å². The molecule has 37 heavy (non-hydrogen) atoms. The minimum Gasteiger partial charge on any atom is -0.508 e. The van der Waals surface area contributed by atoms with Crippen molar-refractivity contribution < 1.29 is 9.84 Å². The summed E-state index contributed by atoms with van der Waals surface area (Å²) in [6, 6.07) is 24.2. The van der Waals surface area contributed by atoms with E-state index in [0.717, 1.165) is 42.0 Å².